The molecule has 27 heavy (non-hydrogen) atoms. The highest BCUT2D eigenvalue weighted by atomic mass is 35.5. The molecule has 1 heterocycles. The quantitative estimate of drug-likeness (QED) is 0.814. The number of rotatable bonds is 4. The van der Waals surface area contributed by atoms with Gasteiger partial charge in [-0.2, -0.15) is 4.31 Å². The lowest BCUT2D eigenvalue weighted by Crippen LogP contribution is -2.41. The van der Waals surface area contributed by atoms with Crippen LogP contribution >= 0.6 is 11.6 Å². The van der Waals surface area contributed by atoms with Gasteiger partial charge in [-0.1, -0.05) is 30.2 Å². The zero-order valence-corrected chi connectivity index (χ0v) is 17.0. The molecule has 0 saturated carbocycles. The van der Waals surface area contributed by atoms with E-state index in [9.17, 15) is 13.2 Å². The van der Waals surface area contributed by atoms with E-state index in [4.69, 9.17) is 11.6 Å². The maximum atomic E-state index is 13.0. The maximum Gasteiger partial charge on any atom is 0.255 e. The fraction of sp³-hybridized carbons (Fsp3) is 0.350. The lowest BCUT2D eigenvalue weighted by Gasteiger charge is -2.32. The normalized spacial score (nSPS) is 18.3. The Balaban J connectivity index is 1.86. The van der Waals surface area contributed by atoms with Crippen LogP contribution in [-0.2, 0) is 10.0 Å². The Morgan fingerprint density at radius 2 is 1.96 bits per heavy atom. The number of halogens is 1. The summed E-state index contributed by atoms with van der Waals surface area (Å²) in [5, 5.41) is 3.32. The summed E-state index contributed by atoms with van der Waals surface area (Å²) in [5.41, 5.74) is 1.77. The maximum absolute atomic E-state index is 13.0. The SMILES string of the molecule is Cc1ccc(Cl)cc1NC(=O)c1cccc(S(=O)(=O)N2CCCCC2C)c1. The van der Waals surface area contributed by atoms with Crippen molar-refractivity contribution in [3.63, 3.8) is 0 Å². The summed E-state index contributed by atoms with van der Waals surface area (Å²) in [7, 11) is -3.62. The third kappa shape index (κ3) is 4.34. The molecule has 144 valence electrons. The molecule has 0 spiro atoms. The fourth-order valence-corrected chi connectivity index (χ4v) is 5.20. The molecule has 5 nitrogen and oxygen atoms in total. The van der Waals surface area contributed by atoms with Gasteiger partial charge in [0.15, 0.2) is 0 Å². The van der Waals surface area contributed by atoms with Gasteiger partial charge >= 0.3 is 0 Å². The molecule has 1 atom stereocenters. The van der Waals surface area contributed by atoms with Gasteiger partial charge in [0.1, 0.15) is 0 Å². The lowest BCUT2D eigenvalue weighted by atomic mass is 10.1. The summed E-state index contributed by atoms with van der Waals surface area (Å²) in [4.78, 5) is 12.8. The van der Waals surface area contributed by atoms with Crippen molar-refractivity contribution in [1.82, 2.24) is 4.31 Å². The van der Waals surface area contributed by atoms with Crippen LogP contribution in [0, 0.1) is 6.92 Å². The van der Waals surface area contributed by atoms with E-state index in [1.165, 1.54) is 16.4 Å². The number of hydrogen-bond acceptors (Lipinski definition) is 3. The first kappa shape index (κ1) is 19.9. The molecule has 2 aromatic rings. The van der Waals surface area contributed by atoms with E-state index in [-0.39, 0.29) is 16.8 Å². The molecule has 1 saturated heterocycles. The molecule has 1 unspecified atom stereocenters. The van der Waals surface area contributed by atoms with Gasteiger partial charge < -0.3 is 5.32 Å². The van der Waals surface area contributed by atoms with Gasteiger partial charge in [0.05, 0.1) is 4.90 Å². The van der Waals surface area contributed by atoms with E-state index in [0.717, 1.165) is 24.8 Å². The second kappa shape index (κ2) is 8.00. The standard InChI is InChI=1S/C20H23ClN2O3S/c1-14-9-10-17(21)13-19(14)22-20(24)16-7-5-8-18(12-16)27(25,26)23-11-4-3-6-15(23)2/h5,7-10,12-13,15H,3-4,6,11H2,1-2H3,(H,22,24). The highest BCUT2D eigenvalue weighted by molar-refractivity contribution is 7.89. The van der Waals surface area contributed by atoms with E-state index in [2.05, 4.69) is 5.32 Å². The number of nitrogens with one attached hydrogen (secondary N) is 1. The molecule has 1 N–H and O–H groups in total. The van der Waals surface area contributed by atoms with Gasteiger partial charge in [-0.15, -0.1) is 0 Å². The van der Waals surface area contributed by atoms with Crippen molar-refractivity contribution in [2.75, 3.05) is 11.9 Å². The lowest BCUT2D eigenvalue weighted by molar-refractivity contribution is 0.102. The molecule has 1 fully saturated rings. The number of carbonyl (C=O) groups is 1. The van der Waals surface area contributed by atoms with Crippen LogP contribution in [0.1, 0.15) is 42.1 Å². The topological polar surface area (TPSA) is 66.5 Å². The molecular weight excluding hydrogens is 384 g/mol. The zero-order chi connectivity index (χ0) is 19.6. The predicted molar refractivity (Wildman–Crippen MR) is 108 cm³/mol. The van der Waals surface area contributed by atoms with Gasteiger partial charge in [-0.25, -0.2) is 8.42 Å². The Kier molecular flexibility index (Phi) is 5.89. The third-order valence-corrected chi connectivity index (χ3v) is 7.14. The molecule has 1 aliphatic rings. The average Bonchev–Trinajstić information content (AvgIpc) is 2.65. The number of sulfonamides is 1. The number of aryl methyl sites for hydroxylation is 1. The van der Waals surface area contributed by atoms with Crippen LogP contribution in [0.25, 0.3) is 0 Å². The molecule has 0 bridgehead atoms. The van der Waals surface area contributed by atoms with E-state index in [1.807, 2.05) is 19.9 Å². The van der Waals surface area contributed by atoms with E-state index in [1.54, 1.807) is 24.3 Å². The first-order chi connectivity index (χ1) is 12.8. The summed E-state index contributed by atoms with van der Waals surface area (Å²) in [6, 6.07) is 11.4. The summed E-state index contributed by atoms with van der Waals surface area (Å²) in [6.07, 6.45) is 2.75. The largest absolute Gasteiger partial charge is 0.322 e. The molecule has 1 aliphatic heterocycles. The van der Waals surface area contributed by atoms with Crippen molar-refractivity contribution in [2.45, 2.75) is 44.0 Å². The summed E-state index contributed by atoms with van der Waals surface area (Å²) >= 11 is 5.99. The van der Waals surface area contributed by atoms with E-state index in [0.29, 0.717) is 22.8 Å². The van der Waals surface area contributed by atoms with E-state index >= 15 is 0 Å². The average molecular weight is 407 g/mol. The second-order valence-corrected chi connectivity index (χ2v) is 9.23. The van der Waals surface area contributed by atoms with Crippen LogP contribution in [0.15, 0.2) is 47.4 Å². The number of hydrogen-bond donors (Lipinski definition) is 1. The molecule has 7 heteroatoms. The van der Waals surface area contributed by atoms with Crippen LogP contribution in [-0.4, -0.2) is 31.2 Å². The number of benzene rings is 2. The summed E-state index contributed by atoms with van der Waals surface area (Å²) in [6.45, 7) is 4.31. The summed E-state index contributed by atoms with van der Waals surface area (Å²) in [5.74, 6) is -0.371. The Labute approximate surface area is 165 Å². The number of piperidine rings is 1. The minimum absolute atomic E-state index is 0.0321. The molecule has 3 rings (SSSR count). The van der Waals surface area contributed by atoms with Crippen LogP contribution in [0.2, 0.25) is 5.02 Å². The molecular formula is C20H23ClN2O3S. The number of carbonyl (C=O) groups excluding carboxylic acids is 1. The van der Waals surface area contributed by atoms with E-state index < -0.39 is 10.0 Å². The smallest absolute Gasteiger partial charge is 0.255 e. The summed E-state index contributed by atoms with van der Waals surface area (Å²) < 4.78 is 27.5. The van der Waals surface area contributed by atoms with Crippen molar-refractivity contribution in [3.8, 4) is 0 Å². The molecule has 2 aromatic carbocycles. The van der Waals surface area contributed by atoms with Crippen LogP contribution < -0.4 is 5.32 Å². The Morgan fingerprint density at radius 1 is 1.19 bits per heavy atom. The minimum Gasteiger partial charge on any atom is -0.322 e. The number of nitrogens with zero attached hydrogens (tertiary/aromatic N) is 1. The Hall–Kier alpha value is -1.89. The van der Waals surface area contributed by atoms with Crippen molar-refractivity contribution >= 4 is 33.2 Å². The highest BCUT2D eigenvalue weighted by Gasteiger charge is 2.31. The van der Waals surface area contributed by atoms with Gasteiger partial charge in [0.2, 0.25) is 10.0 Å². The molecule has 0 radical (unpaired) electrons. The molecule has 1 amide bonds. The van der Waals surface area contributed by atoms with Crippen molar-refractivity contribution in [1.29, 1.82) is 0 Å². The Bertz CT molecular complexity index is 959. The van der Waals surface area contributed by atoms with Gasteiger partial charge in [0, 0.05) is 28.9 Å². The van der Waals surface area contributed by atoms with Gasteiger partial charge in [-0.05, 0) is 62.6 Å². The first-order valence-corrected chi connectivity index (χ1v) is 10.8. The van der Waals surface area contributed by atoms with Crippen molar-refractivity contribution in [2.24, 2.45) is 0 Å². The second-order valence-electron chi connectivity index (χ2n) is 6.90. The third-order valence-electron chi connectivity index (χ3n) is 4.89. The monoisotopic (exact) mass is 406 g/mol. The first-order valence-electron chi connectivity index (χ1n) is 8.98. The Morgan fingerprint density at radius 3 is 2.70 bits per heavy atom. The van der Waals surface area contributed by atoms with Crippen LogP contribution in [0.5, 0.6) is 0 Å². The van der Waals surface area contributed by atoms with Crippen LogP contribution in [0.3, 0.4) is 0 Å². The molecule has 0 aliphatic carbocycles. The zero-order valence-electron chi connectivity index (χ0n) is 15.4. The van der Waals surface area contributed by atoms with Gasteiger partial charge in [-0.3, -0.25) is 4.79 Å². The minimum atomic E-state index is -3.62. The fourth-order valence-electron chi connectivity index (χ4n) is 3.29. The number of anilines is 1. The highest BCUT2D eigenvalue weighted by Crippen LogP contribution is 2.26. The van der Waals surface area contributed by atoms with Crippen LogP contribution in [0.4, 0.5) is 5.69 Å². The van der Waals surface area contributed by atoms with Crippen molar-refractivity contribution < 1.29 is 13.2 Å². The predicted octanol–water partition coefficient (Wildman–Crippen LogP) is 4.46. The number of amides is 1. The van der Waals surface area contributed by atoms with Gasteiger partial charge in [0.25, 0.3) is 5.91 Å². The molecule has 0 aromatic heterocycles. The van der Waals surface area contributed by atoms with Crippen molar-refractivity contribution in [3.05, 3.63) is 58.6 Å².